The van der Waals surface area contributed by atoms with E-state index >= 15 is 0 Å². The lowest BCUT2D eigenvalue weighted by Crippen LogP contribution is -2.40. The Kier molecular flexibility index (Phi) is 12.6. The lowest BCUT2D eigenvalue weighted by Gasteiger charge is -2.14. The Morgan fingerprint density at radius 2 is 1.45 bits per heavy atom. The van der Waals surface area contributed by atoms with Crippen LogP contribution in [0, 0.1) is 0 Å². The summed E-state index contributed by atoms with van der Waals surface area (Å²) in [5.74, 6) is -1.63. The van der Waals surface area contributed by atoms with Crippen molar-refractivity contribution >= 4 is 23.7 Å². The zero-order valence-corrected chi connectivity index (χ0v) is 17.2. The van der Waals surface area contributed by atoms with Gasteiger partial charge < -0.3 is 16.2 Å². The fraction of sp³-hybridized carbons (Fsp3) is 0.714. The average Bonchev–Trinajstić information content (AvgIpc) is 3.00. The van der Waals surface area contributed by atoms with Crippen LogP contribution in [-0.4, -0.2) is 52.8 Å². The number of nitrogens with two attached hydrogens (primary N) is 1. The van der Waals surface area contributed by atoms with Gasteiger partial charge in [-0.3, -0.25) is 19.3 Å². The van der Waals surface area contributed by atoms with E-state index in [0.29, 0.717) is 32.4 Å². The molecule has 1 aliphatic heterocycles. The van der Waals surface area contributed by atoms with Crippen molar-refractivity contribution in [3.05, 3.63) is 12.2 Å². The maximum atomic E-state index is 11.9. The molecular weight excluding hydrogens is 374 g/mol. The molecule has 1 atom stereocenters. The molecule has 1 aliphatic rings. The Bertz CT molecular complexity index is 559. The van der Waals surface area contributed by atoms with Gasteiger partial charge in [-0.25, -0.2) is 4.79 Å². The van der Waals surface area contributed by atoms with Gasteiger partial charge in [-0.1, -0.05) is 38.5 Å². The molecule has 0 bridgehead atoms. The number of amides is 3. The van der Waals surface area contributed by atoms with Gasteiger partial charge in [0.25, 0.3) is 11.8 Å². The molecule has 0 aromatic rings. The summed E-state index contributed by atoms with van der Waals surface area (Å²) in [6.45, 7) is 1.01. The highest BCUT2D eigenvalue weighted by molar-refractivity contribution is 6.12. The number of carbonyl (C=O) groups is 4. The molecule has 4 N–H and O–H groups in total. The molecule has 1 heterocycles. The van der Waals surface area contributed by atoms with Crippen molar-refractivity contribution in [3.8, 4) is 0 Å². The van der Waals surface area contributed by atoms with Crippen molar-refractivity contribution in [2.24, 2.45) is 5.73 Å². The molecule has 8 nitrogen and oxygen atoms in total. The molecule has 1 rings (SSSR count). The van der Waals surface area contributed by atoms with Gasteiger partial charge in [0.1, 0.15) is 6.04 Å². The Morgan fingerprint density at radius 3 is 2.00 bits per heavy atom. The first kappa shape index (κ1) is 24.8. The number of hydrogen-bond donors (Lipinski definition) is 3. The molecule has 0 spiro atoms. The summed E-state index contributed by atoms with van der Waals surface area (Å²) in [5, 5.41) is 11.7. The van der Waals surface area contributed by atoms with Gasteiger partial charge in [0.15, 0.2) is 0 Å². The van der Waals surface area contributed by atoms with Gasteiger partial charge >= 0.3 is 5.97 Å². The second kappa shape index (κ2) is 14.7. The Balaban J connectivity index is 1.96. The summed E-state index contributed by atoms with van der Waals surface area (Å²) in [6, 6.07) is -0.823. The first-order valence-corrected chi connectivity index (χ1v) is 10.7. The fourth-order valence-corrected chi connectivity index (χ4v) is 3.28. The number of nitrogens with zero attached hydrogens (tertiary/aromatic N) is 1. The molecule has 0 aromatic carbocycles. The van der Waals surface area contributed by atoms with Crippen LogP contribution in [0.2, 0.25) is 0 Å². The quantitative estimate of drug-likeness (QED) is 0.249. The van der Waals surface area contributed by atoms with E-state index in [0.717, 1.165) is 57.8 Å². The first-order valence-electron chi connectivity index (χ1n) is 10.7. The predicted molar refractivity (Wildman–Crippen MR) is 110 cm³/mol. The third-order valence-electron chi connectivity index (χ3n) is 5.02. The molecule has 0 aromatic heterocycles. The molecule has 29 heavy (non-hydrogen) atoms. The third kappa shape index (κ3) is 10.8. The van der Waals surface area contributed by atoms with E-state index in [4.69, 9.17) is 10.8 Å². The van der Waals surface area contributed by atoms with Gasteiger partial charge in [0.2, 0.25) is 5.91 Å². The van der Waals surface area contributed by atoms with Crippen molar-refractivity contribution < 1.29 is 24.3 Å². The molecule has 0 aliphatic carbocycles. The standard InChI is InChI=1S/C21H35N3O5/c22-15-9-8-11-17(21(28)29)23-18(25)12-7-5-3-1-2-4-6-10-16-24-19(26)13-14-20(24)27/h13-14,17H,1-12,15-16,22H2,(H,23,25)(H,28,29)/t17-/m0/s1. The number of unbranched alkanes of at least 4 members (excludes halogenated alkanes) is 8. The largest absolute Gasteiger partial charge is 0.480 e. The van der Waals surface area contributed by atoms with Crippen LogP contribution in [0.25, 0.3) is 0 Å². The number of carboxylic acid groups (broad SMARTS) is 1. The van der Waals surface area contributed by atoms with Crippen molar-refractivity contribution in [2.75, 3.05) is 13.1 Å². The molecule has 0 saturated heterocycles. The number of hydrogen-bond acceptors (Lipinski definition) is 5. The summed E-state index contributed by atoms with van der Waals surface area (Å²) in [7, 11) is 0. The van der Waals surface area contributed by atoms with E-state index < -0.39 is 12.0 Å². The summed E-state index contributed by atoms with van der Waals surface area (Å²) in [4.78, 5) is 47.2. The van der Waals surface area contributed by atoms with Gasteiger partial charge in [-0.05, 0) is 38.6 Å². The molecule has 0 fully saturated rings. The summed E-state index contributed by atoms with van der Waals surface area (Å²) < 4.78 is 0. The monoisotopic (exact) mass is 409 g/mol. The Hall–Kier alpha value is -2.22. The van der Waals surface area contributed by atoms with E-state index in [-0.39, 0.29) is 17.7 Å². The van der Waals surface area contributed by atoms with Crippen molar-refractivity contribution in [1.82, 2.24) is 10.2 Å². The lowest BCUT2D eigenvalue weighted by atomic mass is 10.1. The van der Waals surface area contributed by atoms with Crippen LogP contribution in [-0.2, 0) is 19.2 Å². The molecule has 0 radical (unpaired) electrons. The molecule has 3 amide bonds. The van der Waals surface area contributed by atoms with Gasteiger partial charge in [-0.2, -0.15) is 0 Å². The number of carboxylic acids is 1. The van der Waals surface area contributed by atoms with Gasteiger partial charge in [-0.15, -0.1) is 0 Å². The number of aliphatic carboxylic acids is 1. The van der Waals surface area contributed by atoms with Crippen molar-refractivity contribution in [2.45, 2.75) is 83.1 Å². The molecule has 8 heteroatoms. The Morgan fingerprint density at radius 1 is 0.897 bits per heavy atom. The SMILES string of the molecule is NCCCC[C@H](NC(=O)CCCCCCCCCCN1C(=O)C=CC1=O)C(=O)O. The zero-order chi connectivity index (χ0) is 21.5. The van der Waals surface area contributed by atoms with E-state index in [9.17, 15) is 19.2 Å². The van der Waals surface area contributed by atoms with E-state index in [1.165, 1.54) is 17.1 Å². The van der Waals surface area contributed by atoms with Gasteiger partial charge in [0.05, 0.1) is 0 Å². The minimum absolute atomic E-state index is 0.203. The Labute approximate surface area is 172 Å². The van der Waals surface area contributed by atoms with Crippen LogP contribution in [0.1, 0.15) is 77.0 Å². The van der Waals surface area contributed by atoms with Crippen LogP contribution >= 0.6 is 0 Å². The highest BCUT2D eigenvalue weighted by Crippen LogP contribution is 2.12. The third-order valence-corrected chi connectivity index (χ3v) is 5.02. The number of rotatable bonds is 17. The predicted octanol–water partition coefficient (Wildman–Crippen LogP) is 2.12. The first-order chi connectivity index (χ1) is 14.0. The maximum Gasteiger partial charge on any atom is 0.326 e. The number of nitrogens with one attached hydrogen (secondary N) is 1. The average molecular weight is 410 g/mol. The summed E-state index contributed by atoms with van der Waals surface area (Å²) >= 11 is 0. The van der Waals surface area contributed by atoms with Crippen molar-refractivity contribution in [3.63, 3.8) is 0 Å². The second-order valence-corrected chi connectivity index (χ2v) is 7.48. The smallest absolute Gasteiger partial charge is 0.326 e. The zero-order valence-electron chi connectivity index (χ0n) is 17.2. The minimum atomic E-state index is -0.995. The topological polar surface area (TPSA) is 130 Å². The fourth-order valence-electron chi connectivity index (χ4n) is 3.28. The van der Waals surface area contributed by atoms with Crippen LogP contribution < -0.4 is 11.1 Å². The maximum absolute atomic E-state index is 11.9. The van der Waals surface area contributed by atoms with Crippen molar-refractivity contribution in [1.29, 1.82) is 0 Å². The summed E-state index contributed by atoms with van der Waals surface area (Å²) in [5.41, 5.74) is 5.40. The molecule has 0 saturated carbocycles. The van der Waals surface area contributed by atoms with Crippen LogP contribution in [0.3, 0.4) is 0 Å². The van der Waals surface area contributed by atoms with E-state index in [1.54, 1.807) is 0 Å². The number of imide groups is 1. The van der Waals surface area contributed by atoms with Gasteiger partial charge in [0, 0.05) is 25.1 Å². The highest BCUT2D eigenvalue weighted by atomic mass is 16.4. The normalized spacial score (nSPS) is 14.4. The minimum Gasteiger partial charge on any atom is -0.480 e. The van der Waals surface area contributed by atoms with Crippen LogP contribution in [0.15, 0.2) is 12.2 Å². The second-order valence-electron chi connectivity index (χ2n) is 7.48. The molecule has 0 unspecified atom stereocenters. The highest BCUT2D eigenvalue weighted by Gasteiger charge is 2.22. The lowest BCUT2D eigenvalue weighted by molar-refractivity contribution is -0.142. The number of carbonyl (C=O) groups excluding carboxylic acids is 3. The van der Waals surface area contributed by atoms with Crippen LogP contribution in [0.5, 0.6) is 0 Å². The molecule has 164 valence electrons. The van der Waals surface area contributed by atoms with E-state index in [2.05, 4.69) is 5.32 Å². The van der Waals surface area contributed by atoms with E-state index in [1.807, 2.05) is 0 Å². The molecular formula is C21H35N3O5. The van der Waals surface area contributed by atoms with Crippen LogP contribution in [0.4, 0.5) is 0 Å². The summed E-state index contributed by atoms with van der Waals surface area (Å²) in [6.07, 6.45) is 12.6.